The predicted molar refractivity (Wildman–Crippen MR) is 168 cm³/mol. The molecular formula is C32H30ClF3N6O2S. The normalized spacial score (nSPS) is 23.9. The van der Waals surface area contributed by atoms with E-state index in [1.54, 1.807) is 0 Å². The van der Waals surface area contributed by atoms with Crippen molar-refractivity contribution < 1.29 is 22.6 Å². The van der Waals surface area contributed by atoms with Gasteiger partial charge in [0.1, 0.15) is 46.6 Å². The largest absolute Gasteiger partial charge is 0.485 e. The Kier molecular flexibility index (Phi) is 6.58. The average molecular weight is 655 g/mol. The van der Waals surface area contributed by atoms with Gasteiger partial charge in [0.15, 0.2) is 11.6 Å². The zero-order valence-corrected chi connectivity index (χ0v) is 26.1. The Bertz CT molecular complexity index is 1940. The number of benzene rings is 2. The third kappa shape index (κ3) is 4.27. The molecule has 4 aromatic rings. The van der Waals surface area contributed by atoms with Gasteiger partial charge in [0, 0.05) is 43.9 Å². The van der Waals surface area contributed by atoms with Gasteiger partial charge in [-0.05, 0) is 50.3 Å². The number of nitrogen functional groups attached to an aromatic ring is 1. The molecule has 0 bridgehead atoms. The van der Waals surface area contributed by atoms with Crippen molar-refractivity contribution in [3.63, 3.8) is 0 Å². The van der Waals surface area contributed by atoms with Gasteiger partial charge in [-0.1, -0.05) is 17.7 Å². The topological polar surface area (TPSA) is 101 Å². The van der Waals surface area contributed by atoms with Crippen LogP contribution in [0.3, 0.4) is 0 Å². The number of nitriles is 1. The average Bonchev–Trinajstić information content (AvgIpc) is 3.64. The highest BCUT2D eigenvalue weighted by Crippen LogP contribution is 2.53. The van der Waals surface area contributed by atoms with E-state index in [1.807, 2.05) is 18.0 Å². The Morgan fingerprint density at radius 3 is 2.76 bits per heavy atom. The lowest BCUT2D eigenvalue weighted by atomic mass is 9.77. The van der Waals surface area contributed by atoms with Crippen LogP contribution in [0.25, 0.3) is 32.1 Å². The Morgan fingerprint density at radius 2 is 2.00 bits per heavy atom. The SMILES string of the molecule is CN1CCC2(CCC2)Oc2c(Cl)c(-c3ccc(F)c4sc(N)c(C#N)c34)c(F)c3nc(OC[C@@]45CCCN4C[C@H](F)C5)nc1c23. The minimum absolute atomic E-state index is 0.0120. The molecule has 45 heavy (non-hydrogen) atoms. The first-order valence-corrected chi connectivity index (χ1v) is 16.4. The Balaban J connectivity index is 1.36. The van der Waals surface area contributed by atoms with Crippen molar-refractivity contribution in [2.75, 3.05) is 43.9 Å². The second-order valence-electron chi connectivity index (χ2n) is 12.8. The van der Waals surface area contributed by atoms with Gasteiger partial charge in [0.05, 0.1) is 26.2 Å². The number of anilines is 2. The lowest BCUT2D eigenvalue weighted by molar-refractivity contribution is -0.0121. The second-order valence-corrected chi connectivity index (χ2v) is 14.2. The van der Waals surface area contributed by atoms with Crippen molar-refractivity contribution >= 4 is 54.7 Å². The quantitative estimate of drug-likeness (QED) is 0.251. The fourth-order valence-electron chi connectivity index (χ4n) is 7.73. The fraction of sp³-hybridized carbons (Fsp3) is 0.469. The predicted octanol–water partition coefficient (Wildman–Crippen LogP) is 6.99. The summed E-state index contributed by atoms with van der Waals surface area (Å²) in [6.07, 6.45) is 4.51. The molecule has 2 N–H and O–H groups in total. The number of halogens is 4. The molecular weight excluding hydrogens is 625 g/mol. The summed E-state index contributed by atoms with van der Waals surface area (Å²) >= 11 is 8.03. The summed E-state index contributed by atoms with van der Waals surface area (Å²) in [5.41, 5.74) is 5.30. The maximum Gasteiger partial charge on any atom is 0.319 e. The van der Waals surface area contributed by atoms with Crippen LogP contribution in [0, 0.1) is 23.0 Å². The van der Waals surface area contributed by atoms with Crippen LogP contribution in [0.4, 0.5) is 24.0 Å². The minimum atomic E-state index is -0.927. The van der Waals surface area contributed by atoms with E-state index in [9.17, 15) is 14.0 Å². The molecule has 2 aromatic carbocycles. The van der Waals surface area contributed by atoms with E-state index in [4.69, 9.17) is 31.8 Å². The Morgan fingerprint density at radius 1 is 1.18 bits per heavy atom. The van der Waals surface area contributed by atoms with E-state index in [1.165, 1.54) is 12.1 Å². The summed E-state index contributed by atoms with van der Waals surface area (Å²) in [5.74, 6) is -0.705. The summed E-state index contributed by atoms with van der Waals surface area (Å²) in [7, 11) is 1.88. The number of alkyl halides is 1. The van der Waals surface area contributed by atoms with Crippen molar-refractivity contribution in [3.05, 3.63) is 34.4 Å². The summed E-state index contributed by atoms with van der Waals surface area (Å²) < 4.78 is 59.6. The lowest BCUT2D eigenvalue weighted by Crippen LogP contribution is -2.46. The number of nitrogens with zero attached hydrogens (tertiary/aromatic N) is 5. The number of aromatic nitrogens is 2. The van der Waals surface area contributed by atoms with Crippen LogP contribution in [0.5, 0.6) is 11.8 Å². The molecule has 8 rings (SSSR count). The first-order valence-electron chi connectivity index (χ1n) is 15.2. The molecule has 234 valence electrons. The van der Waals surface area contributed by atoms with Gasteiger partial charge in [0.2, 0.25) is 0 Å². The Labute approximate surface area is 266 Å². The van der Waals surface area contributed by atoms with Crippen LogP contribution < -0.4 is 20.1 Å². The standard InChI is InChI=1S/C32H30ClF3N6O2S/c1-41-11-9-32(7-2-8-32)44-26-22-25(39-30(40-29(22)41)43-15-31-6-3-10-42(31)14-16(34)12-31)24(36)21(23(26)33)17-4-5-19(35)27-20(17)18(13-37)28(38)45-27/h4-5,16H,2-3,6-12,14-15,38H2,1H3/t16-,31+/m1/s1. The van der Waals surface area contributed by atoms with Gasteiger partial charge >= 0.3 is 6.01 Å². The first kappa shape index (κ1) is 28.9. The van der Waals surface area contributed by atoms with E-state index in [0.717, 1.165) is 50.0 Å². The van der Waals surface area contributed by atoms with Crippen molar-refractivity contribution in [2.24, 2.45) is 0 Å². The molecule has 5 heterocycles. The summed E-state index contributed by atoms with van der Waals surface area (Å²) in [4.78, 5) is 13.4. The molecule has 8 nitrogen and oxygen atoms in total. The van der Waals surface area contributed by atoms with Gasteiger partial charge in [0.25, 0.3) is 0 Å². The van der Waals surface area contributed by atoms with E-state index in [-0.39, 0.29) is 60.7 Å². The van der Waals surface area contributed by atoms with E-state index in [2.05, 4.69) is 9.88 Å². The number of thiophene rings is 1. The molecule has 0 radical (unpaired) electrons. The highest BCUT2D eigenvalue weighted by atomic mass is 35.5. The third-order valence-corrected chi connectivity index (χ3v) is 11.6. The number of nitrogens with two attached hydrogens (primary N) is 1. The number of fused-ring (bicyclic) bond motifs is 2. The smallest absolute Gasteiger partial charge is 0.319 e. The fourth-order valence-corrected chi connectivity index (χ4v) is 9.00. The van der Waals surface area contributed by atoms with E-state index < -0.39 is 28.9 Å². The molecule has 3 aliphatic heterocycles. The van der Waals surface area contributed by atoms with Crippen molar-refractivity contribution in [1.82, 2.24) is 14.9 Å². The van der Waals surface area contributed by atoms with Crippen LogP contribution in [0.1, 0.15) is 50.5 Å². The zero-order valence-electron chi connectivity index (χ0n) is 24.6. The van der Waals surface area contributed by atoms with Crippen LogP contribution in [0.2, 0.25) is 5.02 Å². The highest BCUT2D eigenvalue weighted by Gasteiger charge is 2.49. The number of rotatable bonds is 4. The molecule has 0 unspecified atom stereocenters. The summed E-state index contributed by atoms with van der Waals surface area (Å²) in [6.45, 7) is 1.96. The molecule has 3 fully saturated rings. The molecule has 2 aromatic heterocycles. The van der Waals surface area contributed by atoms with Gasteiger partial charge in [-0.25, -0.2) is 13.2 Å². The maximum atomic E-state index is 17.1. The van der Waals surface area contributed by atoms with Crippen molar-refractivity contribution in [2.45, 2.75) is 62.3 Å². The third-order valence-electron chi connectivity index (χ3n) is 10.2. The maximum absolute atomic E-state index is 17.1. The van der Waals surface area contributed by atoms with Crippen LogP contribution >= 0.6 is 22.9 Å². The molecule has 0 amide bonds. The first-order chi connectivity index (χ1) is 21.6. The molecule has 13 heteroatoms. The second kappa shape index (κ2) is 10.2. The van der Waals surface area contributed by atoms with Gasteiger partial charge in [-0.3, -0.25) is 4.90 Å². The van der Waals surface area contributed by atoms with Crippen LogP contribution in [-0.2, 0) is 0 Å². The van der Waals surface area contributed by atoms with Crippen LogP contribution in [0.15, 0.2) is 12.1 Å². The minimum Gasteiger partial charge on any atom is -0.485 e. The van der Waals surface area contributed by atoms with Gasteiger partial charge in [-0.15, -0.1) is 11.3 Å². The molecule has 1 spiro atoms. The molecule has 4 aliphatic rings. The molecule has 1 saturated carbocycles. The summed E-state index contributed by atoms with van der Waals surface area (Å²) in [6, 6.07) is 4.63. The zero-order chi connectivity index (χ0) is 31.2. The van der Waals surface area contributed by atoms with E-state index >= 15 is 4.39 Å². The number of hydrogen-bond acceptors (Lipinski definition) is 9. The van der Waals surface area contributed by atoms with Crippen molar-refractivity contribution in [3.8, 4) is 29.0 Å². The highest BCUT2D eigenvalue weighted by molar-refractivity contribution is 7.23. The molecule has 2 atom stereocenters. The number of ether oxygens (including phenoxy) is 2. The monoisotopic (exact) mass is 654 g/mol. The lowest BCUT2D eigenvalue weighted by Gasteiger charge is -2.44. The van der Waals surface area contributed by atoms with Gasteiger partial charge < -0.3 is 20.1 Å². The van der Waals surface area contributed by atoms with Crippen molar-refractivity contribution in [1.29, 1.82) is 5.26 Å². The number of hydrogen-bond donors (Lipinski definition) is 1. The van der Waals surface area contributed by atoms with Gasteiger partial charge in [-0.2, -0.15) is 15.2 Å². The molecule has 2 saturated heterocycles. The molecule has 1 aliphatic carbocycles. The van der Waals surface area contributed by atoms with Crippen LogP contribution in [-0.4, -0.2) is 65.5 Å². The van der Waals surface area contributed by atoms with E-state index in [0.29, 0.717) is 37.1 Å². The summed E-state index contributed by atoms with van der Waals surface area (Å²) in [5, 5.41) is 10.5. The Hall–Kier alpha value is -3.53.